The largest absolute Gasteiger partial charge is 0.491 e. The molecule has 0 radical (unpaired) electrons. The normalized spacial score (nSPS) is 19.3. The molecule has 1 saturated heterocycles. The van der Waals surface area contributed by atoms with Crippen molar-refractivity contribution in [1.82, 2.24) is 0 Å². The van der Waals surface area contributed by atoms with Gasteiger partial charge in [0.15, 0.2) is 6.29 Å². The Labute approximate surface area is 114 Å². The van der Waals surface area contributed by atoms with Gasteiger partial charge in [-0.15, -0.1) is 0 Å². The van der Waals surface area contributed by atoms with Crippen LogP contribution in [0.5, 0.6) is 5.75 Å². The van der Waals surface area contributed by atoms with Crippen molar-refractivity contribution in [2.45, 2.75) is 32.0 Å². The molecular weight excluding hydrogens is 244 g/mol. The molecule has 1 fully saturated rings. The molecule has 0 aliphatic carbocycles. The summed E-state index contributed by atoms with van der Waals surface area (Å²) in [6, 6.07) is 7.89. The molecule has 1 unspecified atom stereocenters. The minimum atomic E-state index is -0.0130. The second-order valence-electron chi connectivity index (χ2n) is 4.63. The zero-order valence-electron chi connectivity index (χ0n) is 11.2. The van der Waals surface area contributed by atoms with Crippen LogP contribution in [0.3, 0.4) is 0 Å². The first-order valence-electron chi connectivity index (χ1n) is 6.94. The van der Waals surface area contributed by atoms with E-state index >= 15 is 0 Å². The summed E-state index contributed by atoms with van der Waals surface area (Å²) < 4.78 is 16.5. The van der Waals surface area contributed by atoms with Crippen molar-refractivity contribution in [3.05, 3.63) is 29.8 Å². The molecule has 0 amide bonds. The van der Waals surface area contributed by atoms with Crippen molar-refractivity contribution in [3.8, 4) is 5.75 Å². The molecule has 19 heavy (non-hydrogen) atoms. The summed E-state index contributed by atoms with van der Waals surface area (Å²) in [6.45, 7) is 1.88. The maximum atomic E-state index is 8.67. The summed E-state index contributed by atoms with van der Waals surface area (Å²) in [5, 5.41) is 8.67. The Morgan fingerprint density at radius 2 is 2.00 bits per heavy atom. The molecule has 1 atom stereocenters. The predicted octanol–water partition coefficient (Wildman–Crippen LogP) is 2.14. The maximum Gasteiger partial charge on any atom is 0.157 e. The minimum absolute atomic E-state index is 0.0130. The van der Waals surface area contributed by atoms with Crippen molar-refractivity contribution in [1.29, 1.82) is 0 Å². The van der Waals surface area contributed by atoms with Gasteiger partial charge in [0.05, 0.1) is 13.2 Å². The smallest absolute Gasteiger partial charge is 0.157 e. The molecular formula is C15H22O4. The zero-order chi connectivity index (χ0) is 13.3. The predicted molar refractivity (Wildman–Crippen MR) is 72.3 cm³/mol. The van der Waals surface area contributed by atoms with Crippen LogP contribution in [0.15, 0.2) is 24.3 Å². The Kier molecular flexibility index (Phi) is 6.14. The quantitative estimate of drug-likeness (QED) is 0.821. The van der Waals surface area contributed by atoms with Crippen molar-refractivity contribution in [2.75, 3.05) is 26.4 Å². The first kappa shape index (κ1) is 14.3. The first-order valence-corrected chi connectivity index (χ1v) is 6.94. The molecule has 2 rings (SSSR count). The summed E-state index contributed by atoms with van der Waals surface area (Å²) in [7, 11) is 0. The van der Waals surface area contributed by atoms with Gasteiger partial charge in [0.1, 0.15) is 12.4 Å². The monoisotopic (exact) mass is 266 g/mol. The van der Waals surface area contributed by atoms with Crippen molar-refractivity contribution >= 4 is 0 Å². The first-order chi connectivity index (χ1) is 9.38. The molecule has 4 nitrogen and oxygen atoms in total. The molecule has 1 N–H and O–H groups in total. The van der Waals surface area contributed by atoms with E-state index in [1.807, 2.05) is 24.3 Å². The van der Waals surface area contributed by atoms with Gasteiger partial charge in [0.2, 0.25) is 0 Å². The van der Waals surface area contributed by atoms with Gasteiger partial charge in [0.25, 0.3) is 0 Å². The van der Waals surface area contributed by atoms with E-state index < -0.39 is 0 Å². The van der Waals surface area contributed by atoms with E-state index in [1.165, 1.54) is 12.0 Å². The second kappa shape index (κ2) is 8.15. The van der Waals surface area contributed by atoms with Gasteiger partial charge in [-0.2, -0.15) is 0 Å². The molecule has 0 bridgehead atoms. The highest BCUT2D eigenvalue weighted by Crippen LogP contribution is 2.15. The molecule has 1 aliphatic rings. The number of rotatable bonds is 7. The standard InChI is InChI=1S/C15H22O4/c16-9-12-17-14-6-4-13(5-7-14)8-11-19-15-3-1-2-10-18-15/h4-7,15-16H,1-3,8-12H2. The van der Waals surface area contributed by atoms with E-state index in [4.69, 9.17) is 19.3 Å². The number of hydrogen-bond donors (Lipinski definition) is 1. The lowest BCUT2D eigenvalue weighted by Gasteiger charge is -2.22. The fraction of sp³-hybridized carbons (Fsp3) is 0.600. The molecule has 0 spiro atoms. The molecule has 1 aromatic rings. The average Bonchev–Trinajstić information content (AvgIpc) is 2.47. The van der Waals surface area contributed by atoms with Crippen LogP contribution in [0.4, 0.5) is 0 Å². The van der Waals surface area contributed by atoms with Crippen LogP contribution in [-0.2, 0) is 15.9 Å². The fourth-order valence-corrected chi connectivity index (χ4v) is 2.07. The summed E-state index contributed by atoms with van der Waals surface area (Å²) in [6.07, 6.45) is 4.21. The van der Waals surface area contributed by atoms with Gasteiger partial charge in [-0.3, -0.25) is 0 Å². The Morgan fingerprint density at radius 3 is 2.68 bits per heavy atom. The topological polar surface area (TPSA) is 47.9 Å². The molecule has 4 heteroatoms. The van der Waals surface area contributed by atoms with Crippen LogP contribution in [0.2, 0.25) is 0 Å². The van der Waals surface area contributed by atoms with Gasteiger partial charge in [0, 0.05) is 6.61 Å². The molecule has 1 heterocycles. The van der Waals surface area contributed by atoms with E-state index in [9.17, 15) is 0 Å². The minimum Gasteiger partial charge on any atom is -0.491 e. The number of aliphatic hydroxyl groups is 1. The Hall–Kier alpha value is -1.10. The highest BCUT2D eigenvalue weighted by molar-refractivity contribution is 5.27. The summed E-state index contributed by atoms with van der Waals surface area (Å²) in [5.41, 5.74) is 1.21. The van der Waals surface area contributed by atoms with Crippen LogP contribution in [-0.4, -0.2) is 37.8 Å². The van der Waals surface area contributed by atoms with Crippen molar-refractivity contribution in [2.24, 2.45) is 0 Å². The summed E-state index contributed by atoms with van der Waals surface area (Å²) in [5.74, 6) is 0.786. The Bertz CT molecular complexity index is 344. The van der Waals surface area contributed by atoms with Crippen LogP contribution in [0.1, 0.15) is 24.8 Å². The van der Waals surface area contributed by atoms with Gasteiger partial charge < -0.3 is 19.3 Å². The van der Waals surface area contributed by atoms with Crippen LogP contribution in [0, 0.1) is 0 Å². The molecule has 1 aliphatic heterocycles. The van der Waals surface area contributed by atoms with Gasteiger partial charge in [-0.25, -0.2) is 0 Å². The van der Waals surface area contributed by atoms with E-state index in [-0.39, 0.29) is 12.9 Å². The average molecular weight is 266 g/mol. The highest BCUT2D eigenvalue weighted by Gasteiger charge is 2.13. The number of hydrogen-bond acceptors (Lipinski definition) is 4. The van der Waals surface area contributed by atoms with Crippen LogP contribution in [0.25, 0.3) is 0 Å². The number of ether oxygens (including phenoxy) is 3. The second-order valence-corrected chi connectivity index (χ2v) is 4.63. The third-order valence-corrected chi connectivity index (χ3v) is 3.12. The Balaban J connectivity index is 1.67. The zero-order valence-corrected chi connectivity index (χ0v) is 11.2. The van der Waals surface area contributed by atoms with Crippen molar-refractivity contribution in [3.63, 3.8) is 0 Å². The molecule has 0 aromatic heterocycles. The number of aliphatic hydroxyl groups excluding tert-OH is 1. The Morgan fingerprint density at radius 1 is 1.16 bits per heavy atom. The third kappa shape index (κ3) is 5.19. The SMILES string of the molecule is OCCOc1ccc(CCOC2CCCCO2)cc1. The molecule has 0 saturated carbocycles. The van der Waals surface area contributed by atoms with Gasteiger partial charge in [-0.05, 0) is 43.4 Å². The van der Waals surface area contributed by atoms with Crippen molar-refractivity contribution < 1.29 is 19.3 Å². The summed E-state index contributed by atoms with van der Waals surface area (Å²) in [4.78, 5) is 0. The summed E-state index contributed by atoms with van der Waals surface area (Å²) >= 11 is 0. The fourth-order valence-electron chi connectivity index (χ4n) is 2.07. The third-order valence-electron chi connectivity index (χ3n) is 3.12. The lowest BCUT2D eigenvalue weighted by molar-refractivity contribution is -0.161. The maximum absolute atomic E-state index is 8.67. The van der Waals surface area contributed by atoms with E-state index in [0.29, 0.717) is 13.2 Å². The van der Waals surface area contributed by atoms with Crippen LogP contribution >= 0.6 is 0 Å². The molecule has 106 valence electrons. The van der Waals surface area contributed by atoms with E-state index in [0.717, 1.165) is 31.6 Å². The lowest BCUT2D eigenvalue weighted by atomic mass is 10.1. The lowest BCUT2D eigenvalue weighted by Crippen LogP contribution is -2.23. The number of benzene rings is 1. The van der Waals surface area contributed by atoms with Crippen LogP contribution < -0.4 is 4.74 Å². The van der Waals surface area contributed by atoms with E-state index in [1.54, 1.807) is 0 Å². The van der Waals surface area contributed by atoms with E-state index in [2.05, 4.69) is 0 Å². The highest BCUT2D eigenvalue weighted by atomic mass is 16.7. The van der Waals surface area contributed by atoms with Gasteiger partial charge in [-0.1, -0.05) is 12.1 Å². The van der Waals surface area contributed by atoms with Gasteiger partial charge >= 0.3 is 0 Å². The molecule has 1 aromatic carbocycles.